The van der Waals surface area contributed by atoms with Gasteiger partial charge < -0.3 is 4.90 Å². The number of hydrogen-bond acceptors (Lipinski definition) is 4. The van der Waals surface area contributed by atoms with Crippen molar-refractivity contribution < 1.29 is 0 Å². The van der Waals surface area contributed by atoms with E-state index < -0.39 is 0 Å². The molecule has 76 valence electrons. The number of nitrogens with zero attached hydrogens (tertiary/aromatic N) is 3. The van der Waals surface area contributed by atoms with Crippen LogP contribution < -0.4 is 4.90 Å². The molecule has 0 aliphatic carbocycles. The number of thioether (sulfide) groups is 1. The quantitative estimate of drug-likeness (QED) is 0.777. The highest BCUT2D eigenvalue weighted by molar-refractivity contribution is 7.99. The Morgan fingerprint density at radius 2 is 2.43 bits per heavy atom. The Balaban J connectivity index is 2.13. The van der Waals surface area contributed by atoms with Gasteiger partial charge in [-0.3, -0.25) is 4.98 Å². The third kappa shape index (κ3) is 2.12. The molecular weight excluding hydrogens is 218 g/mol. The van der Waals surface area contributed by atoms with Crippen LogP contribution in [0, 0.1) is 0 Å². The molecule has 1 saturated heterocycles. The van der Waals surface area contributed by atoms with Crippen LogP contribution in [0.4, 0.5) is 5.82 Å². The van der Waals surface area contributed by atoms with Crippen molar-refractivity contribution in [1.82, 2.24) is 9.97 Å². The highest BCUT2D eigenvalue weighted by Gasteiger charge is 2.21. The lowest BCUT2D eigenvalue weighted by Gasteiger charge is -2.24. The summed E-state index contributed by atoms with van der Waals surface area (Å²) in [4.78, 5) is 10.4. The molecule has 1 aliphatic heterocycles. The fraction of sp³-hybridized carbons (Fsp3) is 0.556. The van der Waals surface area contributed by atoms with E-state index in [9.17, 15) is 0 Å². The minimum atomic E-state index is 0.458. The van der Waals surface area contributed by atoms with Crippen LogP contribution in [0.2, 0.25) is 5.15 Å². The second-order valence-electron chi connectivity index (χ2n) is 3.33. The van der Waals surface area contributed by atoms with E-state index in [1.807, 2.05) is 11.8 Å². The molecule has 0 amide bonds. The molecular formula is C9H12ClN3S. The summed E-state index contributed by atoms with van der Waals surface area (Å²) in [5.41, 5.74) is 0. The molecule has 1 aromatic heterocycles. The smallest absolute Gasteiger partial charge is 0.149 e. The Bertz CT molecular complexity index is 315. The van der Waals surface area contributed by atoms with E-state index in [2.05, 4.69) is 21.9 Å². The average Bonchev–Trinajstić information content (AvgIpc) is 2.69. The van der Waals surface area contributed by atoms with Crippen molar-refractivity contribution in [2.75, 3.05) is 23.5 Å². The molecule has 14 heavy (non-hydrogen) atoms. The third-order valence-corrected chi connectivity index (χ3v) is 3.73. The highest BCUT2D eigenvalue weighted by Crippen LogP contribution is 2.24. The Hall–Kier alpha value is -0.480. The van der Waals surface area contributed by atoms with Crippen LogP contribution in [-0.4, -0.2) is 34.6 Å². The van der Waals surface area contributed by atoms with Gasteiger partial charge in [0.25, 0.3) is 0 Å². The number of anilines is 1. The molecule has 0 spiro atoms. The Morgan fingerprint density at radius 1 is 1.57 bits per heavy atom. The lowest BCUT2D eigenvalue weighted by atomic mass is 10.2. The van der Waals surface area contributed by atoms with Gasteiger partial charge in [-0.25, -0.2) is 4.98 Å². The molecule has 0 saturated carbocycles. The van der Waals surface area contributed by atoms with Crippen molar-refractivity contribution in [1.29, 1.82) is 0 Å². The monoisotopic (exact) mass is 229 g/mol. The van der Waals surface area contributed by atoms with Crippen molar-refractivity contribution in [2.24, 2.45) is 0 Å². The maximum atomic E-state index is 5.79. The molecule has 0 bridgehead atoms. The first-order chi connectivity index (χ1) is 6.77. The molecule has 0 radical (unpaired) electrons. The van der Waals surface area contributed by atoms with Gasteiger partial charge in [0.1, 0.15) is 11.0 Å². The molecule has 5 heteroatoms. The van der Waals surface area contributed by atoms with Gasteiger partial charge in [-0.2, -0.15) is 11.8 Å². The van der Waals surface area contributed by atoms with Crippen LogP contribution in [0.3, 0.4) is 0 Å². The molecule has 1 unspecified atom stereocenters. The molecule has 1 aromatic rings. The molecule has 0 aromatic carbocycles. The molecule has 3 nitrogen and oxygen atoms in total. The van der Waals surface area contributed by atoms with Crippen molar-refractivity contribution in [2.45, 2.75) is 12.5 Å². The summed E-state index contributed by atoms with van der Waals surface area (Å²) in [7, 11) is 2.05. The number of hydrogen-bond donors (Lipinski definition) is 0. The van der Waals surface area contributed by atoms with Gasteiger partial charge in [0, 0.05) is 18.8 Å². The van der Waals surface area contributed by atoms with Crippen molar-refractivity contribution in [3.05, 3.63) is 17.5 Å². The summed E-state index contributed by atoms with van der Waals surface area (Å²) in [6, 6.07) is 0.577. The normalized spacial score (nSPS) is 21.1. The standard InChI is InChI=1S/C9H12ClN3S/c1-13(7-2-3-14-6-7)9-5-11-4-8(10)12-9/h4-5,7H,2-3,6H2,1H3. The zero-order valence-corrected chi connectivity index (χ0v) is 9.55. The Kier molecular flexibility index (Phi) is 3.13. The predicted octanol–water partition coefficient (Wildman–Crippen LogP) is 2.07. The van der Waals surface area contributed by atoms with Gasteiger partial charge in [-0.15, -0.1) is 0 Å². The largest absolute Gasteiger partial charge is 0.355 e. The van der Waals surface area contributed by atoms with Gasteiger partial charge in [-0.1, -0.05) is 11.6 Å². The van der Waals surface area contributed by atoms with Gasteiger partial charge in [0.05, 0.1) is 12.4 Å². The maximum absolute atomic E-state index is 5.79. The average molecular weight is 230 g/mol. The van der Waals surface area contributed by atoms with Gasteiger partial charge in [0.2, 0.25) is 0 Å². The van der Waals surface area contributed by atoms with Gasteiger partial charge in [-0.05, 0) is 12.2 Å². The van der Waals surface area contributed by atoms with Crippen LogP contribution in [0.1, 0.15) is 6.42 Å². The van der Waals surface area contributed by atoms with Crippen LogP contribution in [0.5, 0.6) is 0 Å². The summed E-state index contributed by atoms with van der Waals surface area (Å²) >= 11 is 7.78. The summed E-state index contributed by atoms with van der Waals surface area (Å²) in [5.74, 6) is 3.28. The van der Waals surface area contributed by atoms with Gasteiger partial charge >= 0.3 is 0 Å². The minimum Gasteiger partial charge on any atom is -0.355 e. The minimum absolute atomic E-state index is 0.458. The van der Waals surface area contributed by atoms with Gasteiger partial charge in [0.15, 0.2) is 0 Å². The Labute approximate surface area is 92.9 Å². The third-order valence-electron chi connectivity index (χ3n) is 2.41. The maximum Gasteiger partial charge on any atom is 0.149 e. The molecule has 1 aliphatic rings. The zero-order valence-electron chi connectivity index (χ0n) is 7.98. The van der Waals surface area contributed by atoms with Crippen molar-refractivity contribution >= 4 is 29.2 Å². The van der Waals surface area contributed by atoms with E-state index in [4.69, 9.17) is 11.6 Å². The number of aromatic nitrogens is 2. The fourth-order valence-corrected chi connectivity index (χ4v) is 2.93. The SMILES string of the molecule is CN(c1cncc(Cl)n1)C1CCSC1. The number of halogens is 1. The summed E-state index contributed by atoms with van der Waals surface area (Å²) in [6.45, 7) is 0. The molecule has 2 heterocycles. The van der Waals surface area contributed by atoms with Crippen LogP contribution in [0.25, 0.3) is 0 Å². The zero-order chi connectivity index (χ0) is 9.97. The Morgan fingerprint density at radius 3 is 3.07 bits per heavy atom. The van der Waals surface area contributed by atoms with Crippen molar-refractivity contribution in [3.8, 4) is 0 Å². The highest BCUT2D eigenvalue weighted by atomic mass is 35.5. The predicted molar refractivity (Wildman–Crippen MR) is 61.2 cm³/mol. The second kappa shape index (κ2) is 4.36. The number of rotatable bonds is 2. The second-order valence-corrected chi connectivity index (χ2v) is 4.87. The van der Waals surface area contributed by atoms with E-state index in [1.54, 1.807) is 12.4 Å². The summed E-state index contributed by atoms with van der Waals surface area (Å²) in [6.07, 6.45) is 4.53. The van der Waals surface area contributed by atoms with E-state index in [1.165, 1.54) is 17.9 Å². The topological polar surface area (TPSA) is 29.0 Å². The lowest BCUT2D eigenvalue weighted by molar-refractivity contribution is 0.690. The summed E-state index contributed by atoms with van der Waals surface area (Å²) in [5, 5.41) is 0.458. The van der Waals surface area contributed by atoms with E-state index in [-0.39, 0.29) is 0 Å². The first-order valence-corrected chi connectivity index (χ1v) is 6.09. The van der Waals surface area contributed by atoms with Crippen LogP contribution >= 0.6 is 23.4 Å². The molecule has 0 N–H and O–H groups in total. The van der Waals surface area contributed by atoms with Crippen LogP contribution in [-0.2, 0) is 0 Å². The first-order valence-electron chi connectivity index (χ1n) is 4.55. The summed E-state index contributed by atoms with van der Waals surface area (Å²) < 4.78 is 0. The molecule has 2 rings (SSSR count). The fourth-order valence-electron chi connectivity index (χ4n) is 1.52. The van der Waals surface area contributed by atoms with E-state index in [0.29, 0.717) is 11.2 Å². The molecule has 1 atom stereocenters. The lowest BCUT2D eigenvalue weighted by Crippen LogP contribution is -2.32. The van der Waals surface area contributed by atoms with Crippen LogP contribution in [0.15, 0.2) is 12.4 Å². The van der Waals surface area contributed by atoms with Crippen molar-refractivity contribution in [3.63, 3.8) is 0 Å². The van der Waals surface area contributed by atoms with E-state index >= 15 is 0 Å². The molecule has 1 fully saturated rings. The first kappa shape index (κ1) is 10.1. The van der Waals surface area contributed by atoms with E-state index in [0.717, 1.165) is 5.82 Å².